The number of hydrogen-bond acceptors (Lipinski definition) is 10. The van der Waals surface area contributed by atoms with Crippen molar-refractivity contribution in [1.29, 1.82) is 0 Å². The second kappa shape index (κ2) is 11.8. The third-order valence-corrected chi connectivity index (χ3v) is 8.24. The Morgan fingerprint density at radius 2 is 1.86 bits per heavy atom. The fraction of sp³-hybridized carbons (Fsp3) is 0.433. The van der Waals surface area contributed by atoms with E-state index < -0.39 is 32.2 Å². The van der Waals surface area contributed by atoms with Gasteiger partial charge in [0, 0.05) is 32.0 Å². The van der Waals surface area contributed by atoms with Crippen LogP contribution in [0.5, 0.6) is 11.6 Å². The third kappa shape index (κ3) is 5.93. The first kappa shape index (κ1) is 30.8. The van der Waals surface area contributed by atoms with E-state index >= 15 is 8.78 Å². The van der Waals surface area contributed by atoms with Crippen LogP contribution in [0.3, 0.4) is 0 Å². The summed E-state index contributed by atoms with van der Waals surface area (Å²) >= 11 is 0. The lowest BCUT2D eigenvalue weighted by atomic mass is 9.94. The fourth-order valence-corrected chi connectivity index (χ4v) is 6.06. The van der Waals surface area contributed by atoms with Gasteiger partial charge in [0.2, 0.25) is 20.9 Å². The van der Waals surface area contributed by atoms with Crippen molar-refractivity contribution in [3.05, 3.63) is 41.5 Å². The number of benzene rings is 2. The number of fused-ring (bicyclic) bond motifs is 2. The molecule has 0 radical (unpaired) electrons. The van der Waals surface area contributed by atoms with Gasteiger partial charge >= 0.3 is 0 Å². The van der Waals surface area contributed by atoms with Gasteiger partial charge in [0.1, 0.15) is 34.0 Å². The molecule has 43 heavy (non-hydrogen) atoms. The number of piperidine rings is 1. The number of rotatable bonds is 9. The lowest BCUT2D eigenvalue weighted by Gasteiger charge is -2.38. The van der Waals surface area contributed by atoms with Crippen molar-refractivity contribution in [3.63, 3.8) is 0 Å². The van der Waals surface area contributed by atoms with E-state index in [1.165, 1.54) is 19.2 Å². The van der Waals surface area contributed by atoms with Gasteiger partial charge in [0.25, 0.3) is 0 Å². The van der Waals surface area contributed by atoms with Crippen molar-refractivity contribution in [1.82, 2.24) is 15.0 Å². The van der Waals surface area contributed by atoms with E-state index in [0.29, 0.717) is 47.9 Å². The molecule has 0 spiro atoms. The first-order chi connectivity index (χ1) is 20.4. The Balaban J connectivity index is 1.90. The second-order valence-corrected chi connectivity index (χ2v) is 12.8. The van der Waals surface area contributed by atoms with Crippen molar-refractivity contribution >= 4 is 37.3 Å². The topological polar surface area (TPSA) is 124 Å². The highest BCUT2D eigenvalue weighted by Crippen LogP contribution is 2.42. The smallest absolute Gasteiger partial charge is 0.249 e. The number of sulfone groups is 1. The summed E-state index contributed by atoms with van der Waals surface area (Å²) in [6.45, 7) is 5.81. The molecule has 0 unspecified atom stereocenters. The van der Waals surface area contributed by atoms with E-state index in [-0.39, 0.29) is 53.8 Å². The van der Waals surface area contributed by atoms with Crippen LogP contribution in [0, 0.1) is 11.6 Å². The van der Waals surface area contributed by atoms with Crippen molar-refractivity contribution in [3.8, 4) is 22.9 Å². The van der Waals surface area contributed by atoms with Crippen LogP contribution in [0.4, 0.5) is 14.6 Å². The average molecular weight is 617 g/mol. The molecule has 13 heteroatoms. The highest BCUT2D eigenvalue weighted by molar-refractivity contribution is 7.90. The predicted octanol–water partition coefficient (Wildman–Crippen LogP) is 4.82. The summed E-state index contributed by atoms with van der Waals surface area (Å²) in [5.74, 6) is -1.01. The lowest BCUT2D eigenvalue weighted by molar-refractivity contribution is 0.0447. The number of pyridine rings is 1. The number of ether oxygens (including phenoxy) is 3. The van der Waals surface area contributed by atoms with Crippen LogP contribution in [0.25, 0.3) is 32.9 Å². The number of β-amino-alcohol motifs (C(OH)–C–C–N with tert-alkyl or cyclic N) is 1. The Morgan fingerprint density at radius 3 is 2.51 bits per heavy atom. The molecule has 1 aliphatic heterocycles. The first-order valence-corrected chi connectivity index (χ1v) is 15.9. The van der Waals surface area contributed by atoms with Gasteiger partial charge in [-0.25, -0.2) is 32.2 Å². The molecule has 230 valence electrons. The zero-order valence-corrected chi connectivity index (χ0v) is 25.5. The Hall–Kier alpha value is -3.68. The minimum atomic E-state index is -3.99. The molecular formula is C30H34F2N4O6S. The summed E-state index contributed by atoms with van der Waals surface area (Å²) in [4.78, 5) is 14.8. The van der Waals surface area contributed by atoms with Crippen LogP contribution in [-0.4, -0.2) is 73.9 Å². The number of nitrogens with zero attached hydrogens (tertiary/aromatic N) is 4. The monoisotopic (exact) mass is 616 g/mol. The van der Waals surface area contributed by atoms with E-state index in [9.17, 15) is 13.5 Å². The van der Waals surface area contributed by atoms with E-state index in [2.05, 4.69) is 15.0 Å². The van der Waals surface area contributed by atoms with Crippen LogP contribution in [0.2, 0.25) is 0 Å². The molecule has 1 aliphatic rings. The van der Waals surface area contributed by atoms with Gasteiger partial charge in [0.05, 0.1) is 12.2 Å². The maximum Gasteiger partial charge on any atom is 0.249 e. The predicted molar refractivity (Wildman–Crippen MR) is 158 cm³/mol. The Kier molecular flexibility index (Phi) is 8.43. The van der Waals surface area contributed by atoms with Gasteiger partial charge < -0.3 is 24.2 Å². The Morgan fingerprint density at radius 1 is 1.09 bits per heavy atom. The SMILES string of the molecule is CCOc1nc(-c2cc(OCOC)cc3ccc(F)c(CC)c23)c(F)c2nc(S(C)(=O)=O)nc(N3CCC[C@@](C)(O)C3)c12. The minimum Gasteiger partial charge on any atom is -0.477 e. The number of aliphatic hydroxyl groups is 1. The van der Waals surface area contributed by atoms with Gasteiger partial charge in [-0.05, 0) is 67.6 Å². The van der Waals surface area contributed by atoms with Crippen LogP contribution < -0.4 is 14.4 Å². The molecule has 0 saturated carbocycles. The zero-order valence-electron chi connectivity index (χ0n) is 24.7. The number of halogens is 2. The first-order valence-electron chi connectivity index (χ1n) is 14.0. The molecule has 0 bridgehead atoms. The molecule has 5 rings (SSSR count). The quantitative estimate of drug-likeness (QED) is 0.207. The molecular weight excluding hydrogens is 582 g/mol. The molecule has 2 aromatic heterocycles. The summed E-state index contributed by atoms with van der Waals surface area (Å²) in [6, 6.07) is 6.14. The highest BCUT2D eigenvalue weighted by Gasteiger charge is 2.34. The number of aromatic nitrogens is 3. The summed E-state index contributed by atoms with van der Waals surface area (Å²) in [5, 5.41) is 11.3. The molecule has 10 nitrogen and oxygen atoms in total. The molecule has 3 heterocycles. The molecule has 2 aromatic carbocycles. The van der Waals surface area contributed by atoms with Gasteiger partial charge in [-0.2, -0.15) is 0 Å². The van der Waals surface area contributed by atoms with Crippen molar-refractivity contribution in [2.45, 2.75) is 50.8 Å². The van der Waals surface area contributed by atoms with E-state index in [0.717, 1.165) is 6.26 Å². The Labute approximate surface area is 248 Å². The third-order valence-electron chi connectivity index (χ3n) is 7.39. The van der Waals surface area contributed by atoms with Gasteiger partial charge in [-0.15, -0.1) is 0 Å². The molecule has 1 saturated heterocycles. The summed E-state index contributed by atoms with van der Waals surface area (Å²) in [6.07, 6.45) is 2.37. The van der Waals surface area contributed by atoms with Crippen LogP contribution in [-0.2, 0) is 21.0 Å². The second-order valence-electron chi connectivity index (χ2n) is 10.9. The molecule has 1 N–H and O–H groups in total. The lowest BCUT2D eigenvalue weighted by Crippen LogP contribution is -2.46. The van der Waals surface area contributed by atoms with E-state index in [1.807, 2.05) is 0 Å². The molecule has 1 fully saturated rings. The van der Waals surface area contributed by atoms with Gasteiger partial charge in [-0.1, -0.05) is 13.0 Å². The van der Waals surface area contributed by atoms with Crippen LogP contribution in [0.1, 0.15) is 39.2 Å². The average Bonchev–Trinajstić information content (AvgIpc) is 2.95. The number of anilines is 1. The molecule has 1 atom stereocenters. The summed E-state index contributed by atoms with van der Waals surface area (Å²) in [5.41, 5.74) is -1.07. The fourth-order valence-electron chi connectivity index (χ4n) is 5.55. The van der Waals surface area contributed by atoms with Crippen LogP contribution in [0.15, 0.2) is 29.4 Å². The molecule has 4 aromatic rings. The van der Waals surface area contributed by atoms with E-state index in [4.69, 9.17) is 14.2 Å². The molecule has 0 aliphatic carbocycles. The summed E-state index contributed by atoms with van der Waals surface area (Å²) < 4.78 is 74.0. The molecule has 0 amide bonds. The van der Waals surface area contributed by atoms with Gasteiger partial charge in [-0.3, -0.25) is 0 Å². The highest BCUT2D eigenvalue weighted by atomic mass is 32.2. The largest absolute Gasteiger partial charge is 0.477 e. The maximum atomic E-state index is 16.9. The van der Waals surface area contributed by atoms with Gasteiger partial charge in [0.15, 0.2) is 12.6 Å². The number of aryl methyl sites for hydroxylation is 1. The standard InChI is InChI=1S/C30H34F2N4O6S/c1-6-19-21(31)10-9-17-13-18(42-16-40-4)14-20(22(17)19)25-24(32)26-23(28(33-25)41-7-2)27(35-29(34-26)43(5,38)39)36-12-8-11-30(3,37)15-36/h9-10,13-14,37H,6-8,11-12,15-16H2,1-5H3/t30-/m1/s1. The Bertz CT molecular complexity index is 1820. The van der Waals surface area contributed by atoms with Crippen molar-refractivity contribution in [2.24, 2.45) is 0 Å². The maximum absolute atomic E-state index is 16.9. The minimum absolute atomic E-state index is 0.0278. The zero-order chi connectivity index (χ0) is 31.1. The van der Waals surface area contributed by atoms with E-state index in [1.54, 1.807) is 37.8 Å². The number of methoxy groups -OCH3 is 1. The normalized spacial score (nSPS) is 17.5. The van der Waals surface area contributed by atoms with Crippen molar-refractivity contribution < 1.29 is 36.5 Å². The summed E-state index contributed by atoms with van der Waals surface area (Å²) in [7, 11) is -2.53. The van der Waals surface area contributed by atoms with Crippen molar-refractivity contribution in [2.75, 3.05) is 44.8 Å². The van der Waals surface area contributed by atoms with Crippen LogP contribution >= 0.6 is 0 Å². The number of hydrogen-bond donors (Lipinski definition) is 1.